The van der Waals surface area contributed by atoms with Crippen LogP contribution in [0.5, 0.6) is 5.75 Å². The minimum Gasteiger partial charge on any atom is -1.00 e. The summed E-state index contributed by atoms with van der Waals surface area (Å²) in [4.78, 5) is 0. The van der Waals surface area contributed by atoms with Gasteiger partial charge in [0.15, 0.2) is 11.6 Å². The average molecular weight is 485 g/mol. The number of halogens is 3. The van der Waals surface area contributed by atoms with Gasteiger partial charge in [0.2, 0.25) is 5.82 Å². The molecule has 1 N–H and O–H groups in total. The van der Waals surface area contributed by atoms with E-state index in [0.717, 1.165) is 22.0 Å². The Balaban J connectivity index is 0.00000256. The van der Waals surface area contributed by atoms with Gasteiger partial charge in [-0.15, -0.1) is 0 Å². The van der Waals surface area contributed by atoms with E-state index in [1.54, 1.807) is 0 Å². The molecule has 0 aliphatic heterocycles. The first-order chi connectivity index (χ1) is 14.1. The maximum atomic E-state index is 14.2. The normalized spacial score (nSPS) is 11.0. The monoisotopic (exact) mass is 484 g/mol. The van der Waals surface area contributed by atoms with Crippen molar-refractivity contribution in [3.8, 4) is 5.75 Å². The SMILES string of the molecule is Oc1c(C[P+](c2ccccc2)(c2ccccc2)c2ccccc2)ccc(F)c1F.[Br-]. The maximum absolute atomic E-state index is 14.2. The summed E-state index contributed by atoms with van der Waals surface area (Å²) in [5.41, 5.74) is 0.397. The molecule has 30 heavy (non-hydrogen) atoms. The van der Waals surface area contributed by atoms with Gasteiger partial charge in [-0.3, -0.25) is 0 Å². The Morgan fingerprint density at radius 3 is 1.40 bits per heavy atom. The van der Waals surface area contributed by atoms with Gasteiger partial charge in [0, 0.05) is 5.56 Å². The maximum Gasteiger partial charge on any atom is 0.200 e. The number of aromatic hydroxyl groups is 1. The summed E-state index contributed by atoms with van der Waals surface area (Å²) in [6.07, 6.45) is 0.383. The Labute approximate surface area is 186 Å². The second-order valence-electron chi connectivity index (χ2n) is 6.84. The Morgan fingerprint density at radius 2 is 1.00 bits per heavy atom. The van der Waals surface area contributed by atoms with Crippen LogP contribution in [0.4, 0.5) is 8.78 Å². The third kappa shape index (κ3) is 4.03. The second-order valence-corrected chi connectivity index (χ2v) is 10.3. The molecule has 0 heterocycles. The lowest BCUT2D eigenvalue weighted by Crippen LogP contribution is -3.00. The molecule has 0 aliphatic carbocycles. The molecule has 0 unspecified atom stereocenters. The van der Waals surface area contributed by atoms with Gasteiger partial charge >= 0.3 is 0 Å². The smallest absolute Gasteiger partial charge is 0.200 e. The van der Waals surface area contributed by atoms with E-state index in [0.29, 0.717) is 11.7 Å². The topological polar surface area (TPSA) is 20.2 Å². The van der Waals surface area contributed by atoms with Crippen LogP contribution in [0.25, 0.3) is 0 Å². The Bertz CT molecular complexity index is 1010. The van der Waals surface area contributed by atoms with Gasteiger partial charge < -0.3 is 22.1 Å². The summed E-state index contributed by atoms with van der Waals surface area (Å²) < 4.78 is 27.8. The summed E-state index contributed by atoms with van der Waals surface area (Å²) in [5.74, 6) is -2.86. The average Bonchev–Trinajstić information content (AvgIpc) is 2.79. The predicted octanol–water partition coefficient (Wildman–Crippen LogP) is 2.17. The Kier molecular flexibility index (Phi) is 7.02. The van der Waals surface area contributed by atoms with Crippen LogP contribution >= 0.6 is 7.26 Å². The van der Waals surface area contributed by atoms with Crippen molar-refractivity contribution in [2.24, 2.45) is 0 Å². The van der Waals surface area contributed by atoms with E-state index in [1.165, 1.54) is 6.07 Å². The van der Waals surface area contributed by atoms with Crippen molar-refractivity contribution in [3.05, 3.63) is 120 Å². The van der Waals surface area contributed by atoms with E-state index in [2.05, 4.69) is 36.4 Å². The largest absolute Gasteiger partial charge is 1.00 e. The Morgan fingerprint density at radius 1 is 0.600 bits per heavy atom. The van der Waals surface area contributed by atoms with Crippen LogP contribution in [0.2, 0.25) is 0 Å². The molecule has 4 aromatic carbocycles. The van der Waals surface area contributed by atoms with E-state index < -0.39 is 24.6 Å². The molecule has 1 nitrogen and oxygen atoms in total. The lowest BCUT2D eigenvalue weighted by atomic mass is 10.2. The Hall–Kier alpha value is -2.55. The van der Waals surface area contributed by atoms with Crippen molar-refractivity contribution in [3.63, 3.8) is 0 Å². The molecule has 152 valence electrons. The van der Waals surface area contributed by atoms with Crippen molar-refractivity contribution in [2.45, 2.75) is 6.16 Å². The molecule has 0 spiro atoms. The molecule has 4 aromatic rings. The molecule has 0 saturated heterocycles. The highest BCUT2D eigenvalue weighted by Gasteiger charge is 2.46. The van der Waals surface area contributed by atoms with E-state index >= 15 is 0 Å². The van der Waals surface area contributed by atoms with Crippen LogP contribution in [0.1, 0.15) is 5.56 Å². The first-order valence-corrected chi connectivity index (χ1v) is 11.3. The molecule has 0 aromatic heterocycles. The lowest BCUT2D eigenvalue weighted by molar-refractivity contribution is -0.00000754. The minimum atomic E-state index is -2.29. The molecule has 0 aliphatic rings. The van der Waals surface area contributed by atoms with Crippen molar-refractivity contribution in [1.29, 1.82) is 0 Å². The van der Waals surface area contributed by atoms with Crippen LogP contribution in [-0.4, -0.2) is 5.11 Å². The highest BCUT2D eigenvalue weighted by Crippen LogP contribution is 2.59. The van der Waals surface area contributed by atoms with Crippen LogP contribution in [-0.2, 0) is 6.16 Å². The fraction of sp³-hybridized carbons (Fsp3) is 0.0400. The third-order valence-electron chi connectivity index (χ3n) is 5.15. The third-order valence-corrected chi connectivity index (χ3v) is 9.51. The molecule has 0 amide bonds. The molecule has 0 saturated carbocycles. The van der Waals surface area contributed by atoms with E-state index in [1.807, 2.05) is 54.6 Å². The first kappa shape index (κ1) is 22.1. The summed E-state index contributed by atoms with van der Waals surface area (Å²) >= 11 is 0. The fourth-order valence-electron chi connectivity index (χ4n) is 3.73. The number of phenolic OH excluding ortho intramolecular Hbond substituents is 1. The summed E-state index contributed by atoms with van der Waals surface area (Å²) in [6.45, 7) is 0. The highest BCUT2D eigenvalue weighted by molar-refractivity contribution is 7.95. The van der Waals surface area contributed by atoms with Crippen LogP contribution in [0.3, 0.4) is 0 Å². The van der Waals surface area contributed by atoms with Crippen molar-refractivity contribution in [1.82, 2.24) is 0 Å². The van der Waals surface area contributed by atoms with Crippen LogP contribution < -0.4 is 32.9 Å². The zero-order valence-electron chi connectivity index (χ0n) is 16.1. The van der Waals surface area contributed by atoms with Crippen LogP contribution in [0.15, 0.2) is 103 Å². The minimum absolute atomic E-state index is 0. The number of hydrogen-bond donors (Lipinski definition) is 1. The molecule has 0 fully saturated rings. The van der Waals surface area contributed by atoms with Gasteiger partial charge in [-0.25, -0.2) is 4.39 Å². The van der Waals surface area contributed by atoms with Gasteiger partial charge in [0.25, 0.3) is 0 Å². The van der Waals surface area contributed by atoms with Gasteiger partial charge in [-0.05, 0) is 48.5 Å². The number of rotatable bonds is 5. The molecule has 0 atom stereocenters. The quantitative estimate of drug-likeness (QED) is 0.430. The molecular weight excluding hydrogens is 465 g/mol. The number of phenols is 1. The van der Waals surface area contributed by atoms with Crippen molar-refractivity contribution in [2.75, 3.05) is 0 Å². The molecule has 4 rings (SSSR count). The van der Waals surface area contributed by atoms with Crippen molar-refractivity contribution >= 4 is 23.2 Å². The van der Waals surface area contributed by atoms with Crippen LogP contribution in [0, 0.1) is 11.6 Å². The molecule has 5 heteroatoms. The number of benzene rings is 4. The lowest BCUT2D eigenvalue weighted by Gasteiger charge is -2.28. The second kappa shape index (κ2) is 9.51. The molecular formula is C25H20BrF2OP. The van der Waals surface area contributed by atoms with E-state index in [-0.39, 0.29) is 17.0 Å². The zero-order valence-corrected chi connectivity index (χ0v) is 18.5. The summed E-state index contributed by atoms with van der Waals surface area (Å²) in [6, 6.07) is 32.8. The van der Waals surface area contributed by atoms with Gasteiger partial charge in [-0.2, -0.15) is 4.39 Å². The van der Waals surface area contributed by atoms with E-state index in [9.17, 15) is 13.9 Å². The van der Waals surface area contributed by atoms with E-state index in [4.69, 9.17) is 0 Å². The van der Waals surface area contributed by atoms with Gasteiger partial charge in [0.05, 0.1) is 0 Å². The fourth-order valence-corrected chi connectivity index (χ4v) is 7.98. The first-order valence-electron chi connectivity index (χ1n) is 9.33. The zero-order chi connectivity index (χ0) is 20.3. The van der Waals surface area contributed by atoms with Crippen molar-refractivity contribution < 1.29 is 30.9 Å². The summed E-state index contributed by atoms with van der Waals surface area (Å²) in [7, 11) is -2.29. The standard InChI is InChI=1S/C25H19F2OP.BrH/c26-23-17-16-19(25(28)24(23)27)18-29(20-10-4-1-5-11-20,21-12-6-2-7-13-21)22-14-8-3-9-15-22;/h1-17H,18H2;1H. The van der Waals surface area contributed by atoms with Gasteiger partial charge in [-0.1, -0.05) is 54.6 Å². The van der Waals surface area contributed by atoms with Gasteiger partial charge in [0.1, 0.15) is 29.3 Å². The predicted molar refractivity (Wildman–Crippen MR) is 117 cm³/mol. The number of hydrogen-bond acceptors (Lipinski definition) is 1. The summed E-state index contributed by atoms with van der Waals surface area (Å²) in [5, 5.41) is 13.7. The molecule has 0 radical (unpaired) electrons. The highest BCUT2D eigenvalue weighted by atomic mass is 79.9. The molecule has 0 bridgehead atoms.